The number of nitrogen functional groups attached to an aromatic ring is 1. The van der Waals surface area contributed by atoms with Gasteiger partial charge in [-0.3, -0.25) is 29.0 Å². The number of rotatable bonds is 26. The molecule has 570 valence electrons. The van der Waals surface area contributed by atoms with E-state index in [9.17, 15) is 28.4 Å². The summed E-state index contributed by atoms with van der Waals surface area (Å²) >= 11 is 0. The Morgan fingerprint density at radius 1 is 0.486 bits per heavy atom. The molecular formula is C87H91F2N15O7. The van der Waals surface area contributed by atoms with Crippen molar-refractivity contribution in [3.63, 3.8) is 0 Å². The molecule has 2 aliphatic heterocycles. The van der Waals surface area contributed by atoms with Gasteiger partial charge in [0.25, 0.3) is 23.6 Å². The molecule has 111 heavy (non-hydrogen) atoms. The third-order valence-electron chi connectivity index (χ3n) is 19.5. The number of nitrogens with two attached hydrogens (primary N) is 1. The van der Waals surface area contributed by atoms with E-state index in [0.29, 0.717) is 115 Å². The van der Waals surface area contributed by atoms with Crippen LogP contribution in [0.4, 0.5) is 31.5 Å². The zero-order valence-corrected chi connectivity index (χ0v) is 62.6. The highest BCUT2D eigenvalue weighted by Crippen LogP contribution is 2.35. The Labute approximate surface area is 643 Å². The van der Waals surface area contributed by atoms with E-state index in [2.05, 4.69) is 59.3 Å². The van der Waals surface area contributed by atoms with Crippen molar-refractivity contribution in [3.8, 4) is 22.3 Å². The van der Waals surface area contributed by atoms with Gasteiger partial charge < -0.3 is 52.4 Å². The van der Waals surface area contributed by atoms with Gasteiger partial charge in [0, 0.05) is 164 Å². The number of nitrogens with one attached hydrogen (secondary N) is 7. The van der Waals surface area contributed by atoms with Gasteiger partial charge >= 0.3 is 0 Å². The first-order chi connectivity index (χ1) is 54.2. The zero-order chi connectivity index (χ0) is 77.6. The van der Waals surface area contributed by atoms with E-state index in [1.54, 1.807) is 109 Å². The summed E-state index contributed by atoms with van der Waals surface area (Å²) in [5.41, 5.74) is 20.5. The van der Waals surface area contributed by atoms with Crippen LogP contribution >= 0.6 is 0 Å². The van der Waals surface area contributed by atoms with Crippen LogP contribution in [0.2, 0.25) is 0 Å². The van der Waals surface area contributed by atoms with Gasteiger partial charge in [0.2, 0.25) is 0 Å². The fourth-order valence-electron chi connectivity index (χ4n) is 13.5. The average Bonchev–Trinajstić information content (AvgIpc) is 1.67. The molecule has 2 saturated heterocycles. The highest BCUT2D eigenvalue weighted by molar-refractivity contribution is 6.01. The average molecular weight is 1500 g/mol. The Balaban J connectivity index is 0.000000190. The first-order valence-corrected chi connectivity index (χ1v) is 37.6. The summed E-state index contributed by atoms with van der Waals surface area (Å²) in [6.07, 6.45) is 12.7. The van der Waals surface area contributed by atoms with E-state index >= 15 is 4.39 Å². The number of para-hydroxylation sites is 1. The maximum Gasteiger partial charge on any atom is 0.251 e. The van der Waals surface area contributed by atoms with E-state index in [1.807, 2.05) is 109 Å². The Hall–Kier alpha value is -12.5. The van der Waals surface area contributed by atoms with Crippen LogP contribution in [0.25, 0.3) is 44.3 Å². The molecule has 0 bridgehead atoms. The smallest absolute Gasteiger partial charge is 0.251 e. The number of fused-ring (bicyclic) bond motifs is 2. The van der Waals surface area contributed by atoms with Gasteiger partial charge in [0.05, 0.1) is 40.2 Å². The third kappa shape index (κ3) is 20.1. The van der Waals surface area contributed by atoms with Crippen molar-refractivity contribution in [2.45, 2.75) is 124 Å². The van der Waals surface area contributed by atoms with Crippen LogP contribution in [0, 0.1) is 11.6 Å². The fourth-order valence-corrected chi connectivity index (χ4v) is 13.5. The molecule has 0 atom stereocenters. The summed E-state index contributed by atoms with van der Waals surface area (Å²) in [6, 6.07) is 50.7. The van der Waals surface area contributed by atoms with E-state index in [0.717, 1.165) is 110 Å². The second kappa shape index (κ2) is 38.0. The summed E-state index contributed by atoms with van der Waals surface area (Å²) in [5.74, 6) is -2.13. The number of pyridine rings is 3. The molecular weight excluding hydrogens is 1410 g/mol. The molecule has 5 aromatic heterocycles. The van der Waals surface area contributed by atoms with E-state index < -0.39 is 5.82 Å². The van der Waals surface area contributed by atoms with Crippen LogP contribution < -0.4 is 43.0 Å². The predicted octanol–water partition coefficient (Wildman–Crippen LogP) is 14.6. The van der Waals surface area contributed by atoms with Crippen LogP contribution in [-0.4, -0.2) is 103 Å². The number of aromatic nitrogens is 7. The fraction of sp³-hybridized carbons (Fsp3) is 0.264. The number of nitrogens with zero attached hydrogens (tertiary/aromatic N) is 7. The highest BCUT2D eigenvalue weighted by Gasteiger charge is 2.26. The number of anilines is 4. The number of halogens is 2. The first-order valence-electron chi connectivity index (χ1n) is 37.6. The molecule has 14 rings (SSSR count). The Kier molecular flexibility index (Phi) is 26.7. The summed E-state index contributed by atoms with van der Waals surface area (Å²) in [7, 11) is 0. The number of carbonyl (C=O) groups excluding carboxylic acids is 5. The standard InChI is InChI=1S/C43H45FN8O3.C38H39FN6O4.C6H7N/c1-3-39-36(40(50-33-15-18-55-19-16-33)37-27-49-52(4-2)41(37)51-39)26-48-43(54)32-11-6-10-31(22-32)42(53)47-24-29-13-14-38(44)35(21-29)30-9-5-8-28(20-30)23-46-34-12-7-17-45-25-34;1-3-34-31(35(43-29-13-15-49-16-14-29)32-22-42-45(4-2)36(32)44-34)21-41-38(48)28-10-6-9-27(19-28)37(47)40-20-24-11-12-33(39)30(18-24)26-8-5-7-25(17-26)23-46;7-6-4-2-1-3-5-6/h5-14,17,20-22,25,27,33,46H,3-4,15-16,18-19,23-24,26H2,1-2H3,(H,47,53)(H,48,54)(H,50,51);5-12,17-19,22-23,29H,3-4,13-16,20-21H2,1-2H3,(H,40,47)(H,41,48)(H,43,44);1-5H,7H2. The van der Waals surface area contributed by atoms with E-state index in [1.165, 1.54) is 12.1 Å². The van der Waals surface area contributed by atoms with E-state index in [4.69, 9.17) is 25.2 Å². The molecule has 12 aromatic rings. The van der Waals surface area contributed by atoms with Gasteiger partial charge in [-0.05, 0) is 177 Å². The Morgan fingerprint density at radius 3 is 1.37 bits per heavy atom. The van der Waals surface area contributed by atoms with Gasteiger partial charge in [-0.2, -0.15) is 10.2 Å². The molecule has 24 heteroatoms. The zero-order valence-electron chi connectivity index (χ0n) is 62.6. The molecule has 2 aliphatic rings. The molecule has 0 saturated carbocycles. The van der Waals surface area contributed by atoms with Crippen molar-refractivity contribution in [1.29, 1.82) is 0 Å². The molecule has 7 heterocycles. The number of hydrogen-bond acceptors (Lipinski definition) is 16. The third-order valence-corrected chi connectivity index (χ3v) is 19.5. The molecule has 0 unspecified atom stereocenters. The summed E-state index contributed by atoms with van der Waals surface area (Å²) in [4.78, 5) is 78.8. The van der Waals surface area contributed by atoms with Crippen molar-refractivity contribution in [2.75, 3.05) is 48.1 Å². The minimum absolute atomic E-state index is 0.142. The normalized spacial score (nSPS) is 12.9. The van der Waals surface area contributed by atoms with Crippen LogP contribution in [0.15, 0.2) is 201 Å². The Morgan fingerprint density at radius 2 is 0.937 bits per heavy atom. The summed E-state index contributed by atoms with van der Waals surface area (Å²) < 4.78 is 44.7. The lowest BCUT2D eigenvalue weighted by atomic mass is 10.00. The lowest BCUT2D eigenvalue weighted by Crippen LogP contribution is -2.30. The molecule has 0 spiro atoms. The second-order valence-electron chi connectivity index (χ2n) is 27.0. The number of aryl methyl sites for hydroxylation is 4. The predicted molar refractivity (Wildman–Crippen MR) is 429 cm³/mol. The maximum absolute atomic E-state index is 15.1. The maximum atomic E-state index is 15.1. The largest absolute Gasteiger partial charge is 0.399 e. The lowest BCUT2D eigenvalue weighted by molar-refractivity contribution is 0.0903. The first kappa shape index (κ1) is 78.1. The summed E-state index contributed by atoms with van der Waals surface area (Å²) in [5, 5.41) is 33.7. The molecule has 7 aromatic carbocycles. The molecule has 4 amide bonds. The minimum Gasteiger partial charge on any atom is -0.399 e. The number of hydrogen-bond donors (Lipinski definition) is 8. The van der Waals surface area contributed by atoms with Crippen LogP contribution in [0.1, 0.15) is 144 Å². The second-order valence-corrected chi connectivity index (χ2v) is 27.0. The lowest BCUT2D eigenvalue weighted by Gasteiger charge is -2.26. The topological polar surface area (TPSA) is 288 Å². The van der Waals surface area contributed by atoms with Crippen molar-refractivity contribution >= 4 is 74.7 Å². The SMILES string of the molecule is CCc1nc2c(cnn2CC)c(NC2CCOCC2)c1CNC(=O)c1cccc(C(=O)NCc2ccc(F)c(-c3cccc(C=O)c3)c2)c1.CCc1nc2c(cnn2CC)c(NC2CCOCC2)c1CNC(=O)c1cccc(C(=O)NCc2ccc(F)c(-c3cccc(CNc4cccnc4)c3)c2)c1.Nc1ccccc1. The number of ether oxygens (including phenoxy) is 2. The van der Waals surface area contributed by atoms with Gasteiger partial charge in [0.1, 0.15) is 17.9 Å². The molecule has 2 fully saturated rings. The van der Waals surface area contributed by atoms with Gasteiger partial charge in [-0.25, -0.2) is 28.1 Å². The van der Waals surface area contributed by atoms with Crippen LogP contribution in [0.5, 0.6) is 0 Å². The molecule has 0 radical (unpaired) electrons. The molecule has 0 aliphatic carbocycles. The molecule has 9 N–H and O–H groups in total. The number of carbonyl (C=O) groups is 5. The van der Waals surface area contributed by atoms with Crippen LogP contribution in [-0.2, 0) is 68.1 Å². The van der Waals surface area contributed by atoms with Gasteiger partial charge in [0.15, 0.2) is 11.3 Å². The van der Waals surface area contributed by atoms with Crippen molar-refractivity contribution in [2.24, 2.45) is 0 Å². The quantitative estimate of drug-likeness (QED) is 0.0185. The molecule has 22 nitrogen and oxygen atoms in total. The van der Waals surface area contributed by atoms with Gasteiger partial charge in [-0.1, -0.05) is 92.7 Å². The highest BCUT2D eigenvalue weighted by atomic mass is 19.1. The van der Waals surface area contributed by atoms with Crippen molar-refractivity contribution < 1.29 is 42.2 Å². The monoisotopic (exact) mass is 1500 g/mol. The Bertz CT molecular complexity index is 5240. The van der Waals surface area contributed by atoms with Crippen molar-refractivity contribution in [1.82, 2.24) is 55.8 Å². The number of aldehydes is 1. The number of benzene rings is 7. The number of amides is 4. The van der Waals surface area contributed by atoms with Crippen molar-refractivity contribution in [3.05, 3.63) is 279 Å². The van der Waals surface area contributed by atoms with Gasteiger partial charge in [-0.15, -0.1) is 0 Å². The van der Waals surface area contributed by atoms with Crippen LogP contribution in [0.3, 0.4) is 0 Å². The summed E-state index contributed by atoms with van der Waals surface area (Å²) in [6.45, 7) is 13.7. The van der Waals surface area contributed by atoms with E-state index in [-0.39, 0.29) is 67.7 Å². The minimum atomic E-state index is -0.430.